The normalized spacial score (nSPS) is 24.7. The van der Waals surface area contributed by atoms with Crippen molar-refractivity contribution < 1.29 is 4.74 Å². The SMILES string of the molecule is CNC1CCC(Oc2cc(Cl)cc(Cl)c2)C1. The number of benzene rings is 1. The highest BCUT2D eigenvalue weighted by Gasteiger charge is 2.24. The van der Waals surface area contributed by atoms with E-state index in [-0.39, 0.29) is 6.10 Å². The van der Waals surface area contributed by atoms with E-state index >= 15 is 0 Å². The summed E-state index contributed by atoms with van der Waals surface area (Å²) < 4.78 is 5.86. The number of hydrogen-bond acceptors (Lipinski definition) is 2. The van der Waals surface area contributed by atoms with Gasteiger partial charge in [0.2, 0.25) is 0 Å². The monoisotopic (exact) mass is 259 g/mol. The summed E-state index contributed by atoms with van der Waals surface area (Å²) in [5.41, 5.74) is 0. The van der Waals surface area contributed by atoms with Gasteiger partial charge in [-0.15, -0.1) is 0 Å². The Morgan fingerprint density at radius 1 is 1.19 bits per heavy atom. The second-order valence-corrected chi connectivity index (χ2v) is 5.02. The van der Waals surface area contributed by atoms with E-state index < -0.39 is 0 Å². The summed E-state index contributed by atoms with van der Waals surface area (Å²) in [6.07, 6.45) is 3.55. The fourth-order valence-corrected chi connectivity index (χ4v) is 2.60. The molecule has 0 aliphatic heterocycles. The van der Waals surface area contributed by atoms with Crippen LogP contribution in [0.1, 0.15) is 19.3 Å². The van der Waals surface area contributed by atoms with Crippen molar-refractivity contribution in [1.82, 2.24) is 5.32 Å². The predicted molar refractivity (Wildman–Crippen MR) is 67.6 cm³/mol. The van der Waals surface area contributed by atoms with Gasteiger partial charge in [-0.1, -0.05) is 23.2 Å². The molecule has 0 radical (unpaired) electrons. The first-order chi connectivity index (χ1) is 7.67. The van der Waals surface area contributed by atoms with E-state index in [0.717, 1.165) is 25.0 Å². The van der Waals surface area contributed by atoms with Crippen molar-refractivity contribution in [2.24, 2.45) is 0 Å². The van der Waals surface area contributed by atoms with E-state index in [4.69, 9.17) is 27.9 Å². The van der Waals surface area contributed by atoms with Crippen LogP contribution in [-0.2, 0) is 0 Å². The van der Waals surface area contributed by atoms with Gasteiger partial charge in [0.15, 0.2) is 0 Å². The Hall–Kier alpha value is -0.440. The lowest BCUT2D eigenvalue weighted by atomic mass is 10.2. The van der Waals surface area contributed by atoms with Gasteiger partial charge in [-0.3, -0.25) is 0 Å². The summed E-state index contributed by atoms with van der Waals surface area (Å²) in [4.78, 5) is 0. The average molecular weight is 260 g/mol. The highest BCUT2D eigenvalue weighted by atomic mass is 35.5. The van der Waals surface area contributed by atoms with E-state index in [0.29, 0.717) is 16.1 Å². The van der Waals surface area contributed by atoms with Crippen LogP contribution in [0.25, 0.3) is 0 Å². The molecule has 1 fully saturated rings. The minimum Gasteiger partial charge on any atom is -0.490 e. The number of hydrogen-bond donors (Lipinski definition) is 1. The van der Waals surface area contributed by atoms with Crippen LogP contribution in [-0.4, -0.2) is 19.2 Å². The zero-order chi connectivity index (χ0) is 11.5. The molecule has 0 heterocycles. The third-order valence-corrected chi connectivity index (χ3v) is 3.37. The Balaban J connectivity index is 1.99. The van der Waals surface area contributed by atoms with Crippen LogP contribution < -0.4 is 10.1 Å². The van der Waals surface area contributed by atoms with Gasteiger partial charge in [0.1, 0.15) is 11.9 Å². The highest BCUT2D eigenvalue weighted by Crippen LogP contribution is 2.28. The molecule has 88 valence electrons. The van der Waals surface area contributed by atoms with Crippen molar-refractivity contribution in [3.05, 3.63) is 28.2 Å². The molecule has 1 aliphatic rings. The molecule has 2 nitrogen and oxygen atoms in total. The zero-order valence-electron chi connectivity index (χ0n) is 9.17. The van der Waals surface area contributed by atoms with Gasteiger partial charge in [0.05, 0.1) is 0 Å². The lowest BCUT2D eigenvalue weighted by Crippen LogP contribution is -2.23. The van der Waals surface area contributed by atoms with Gasteiger partial charge >= 0.3 is 0 Å². The van der Waals surface area contributed by atoms with Crippen LogP contribution in [0.5, 0.6) is 5.75 Å². The summed E-state index contributed by atoms with van der Waals surface area (Å²) >= 11 is 11.8. The van der Waals surface area contributed by atoms with E-state index in [2.05, 4.69) is 5.32 Å². The maximum atomic E-state index is 5.91. The molecule has 0 bridgehead atoms. The van der Waals surface area contributed by atoms with Gasteiger partial charge in [-0.05, 0) is 44.5 Å². The second-order valence-electron chi connectivity index (χ2n) is 4.14. The topological polar surface area (TPSA) is 21.3 Å². The summed E-state index contributed by atoms with van der Waals surface area (Å²) in [6.45, 7) is 0. The molecule has 0 spiro atoms. The van der Waals surface area contributed by atoms with Gasteiger partial charge in [-0.2, -0.15) is 0 Å². The highest BCUT2D eigenvalue weighted by molar-refractivity contribution is 6.34. The summed E-state index contributed by atoms with van der Waals surface area (Å²) in [5, 5.41) is 4.50. The van der Waals surface area contributed by atoms with Gasteiger partial charge in [-0.25, -0.2) is 0 Å². The molecule has 0 amide bonds. The molecule has 2 rings (SSSR count). The predicted octanol–water partition coefficient (Wildman–Crippen LogP) is 3.51. The van der Waals surface area contributed by atoms with Gasteiger partial charge in [0.25, 0.3) is 0 Å². The van der Waals surface area contributed by atoms with Crippen molar-refractivity contribution in [3.63, 3.8) is 0 Å². The molecule has 0 saturated heterocycles. The molecule has 2 unspecified atom stereocenters. The minimum atomic E-state index is 0.270. The van der Waals surface area contributed by atoms with Crippen molar-refractivity contribution in [2.75, 3.05) is 7.05 Å². The molecule has 2 atom stereocenters. The Bertz CT molecular complexity index is 350. The first-order valence-corrected chi connectivity index (χ1v) is 6.23. The van der Waals surface area contributed by atoms with Gasteiger partial charge in [0, 0.05) is 16.1 Å². The Labute approximate surface area is 106 Å². The van der Waals surface area contributed by atoms with Gasteiger partial charge < -0.3 is 10.1 Å². The summed E-state index contributed by atoms with van der Waals surface area (Å²) in [6, 6.07) is 5.89. The van der Waals surface area contributed by atoms with E-state index in [1.54, 1.807) is 18.2 Å². The van der Waals surface area contributed by atoms with Crippen molar-refractivity contribution in [1.29, 1.82) is 0 Å². The molecule has 1 aliphatic carbocycles. The van der Waals surface area contributed by atoms with E-state index in [9.17, 15) is 0 Å². The smallest absolute Gasteiger partial charge is 0.122 e. The number of rotatable bonds is 3. The maximum absolute atomic E-state index is 5.91. The van der Waals surface area contributed by atoms with E-state index in [1.807, 2.05) is 7.05 Å². The average Bonchev–Trinajstić information content (AvgIpc) is 2.64. The molecule has 1 saturated carbocycles. The maximum Gasteiger partial charge on any atom is 0.122 e. The van der Waals surface area contributed by atoms with Crippen LogP contribution in [0.15, 0.2) is 18.2 Å². The first kappa shape index (κ1) is 12.0. The quantitative estimate of drug-likeness (QED) is 0.897. The zero-order valence-corrected chi connectivity index (χ0v) is 10.7. The fourth-order valence-electron chi connectivity index (χ4n) is 2.10. The molecule has 1 aromatic carbocycles. The molecule has 0 aromatic heterocycles. The Morgan fingerprint density at radius 3 is 2.44 bits per heavy atom. The first-order valence-electron chi connectivity index (χ1n) is 5.47. The minimum absolute atomic E-state index is 0.270. The van der Waals surface area contributed by atoms with Crippen LogP contribution >= 0.6 is 23.2 Å². The molecule has 4 heteroatoms. The second kappa shape index (κ2) is 5.26. The van der Waals surface area contributed by atoms with Crippen LogP contribution in [0, 0.1) is 0 Å². The third kappa shape index (κ3) is 3.03. The summed E-state index contributed by atoms with van der Waals surface area (Å²) in [5.74, 6) is 0.763. The van der Waals surface area contributed by atoms with Crippen molar-refractivity contribution >= 4 is 23.2 Å². The molecule has 1 aromatic rings. The van der Waals surface area contributed by atoms with E-state index in [1.165, 1.54) is 0 Å². The molecular weight excluding hydrogens is 245 g/mol. The molecular formula is C12H15Cl2NO. The lowest BCUT2D eigenvalue weighted by Gasteiger charge is -2.14. The Kier molecular flexibility index (Phi) is 3.95. The van der Waals surface area contributed by atoms with Crippen LogP contribution in [0.4, 0.5) is 0 Å². The van der Waals surface area contributed by atoms with Crippen LogP contribution in [0.2, 0.25) is 10.0 Å². The molecule has 16 heavy (non-hydrogen) atoms. The Morgan fingerprint density at radius 2 is 1.88 bits per heavy atom. The number of halogens is 2. The van der Waals surface area contributed by atoms with Crippen LogP contribution in [0.3, 0.4) is 0 Å². The standard InChI is InChI=1S/C12H15Cl2NO/c1-15-10-2-3-11(7-10)16-12-5-8(13)4-9(14)6-12/h4-6,10-11,15H,2-3,7H2,1H3. The summed E-state index contributed by atoms with van der Waals surface area (Å²) in [7, 11) is 1.99. The van der Waals surface area contributed by atoms with Crippen molar-refractivity contribution in [2.45, 2.75) is 31.4 Å². The number of ether oxygens (including phenoxy) is 1. The number of nitrogens with one attached hydrogen (secondary N) is 1. The third-order valence-electron chi connectivity index (χ3n) is 2.93. The fraction of sp³-hybridized carbons (Fsp3) is 0.500. The lowest BCUT2D eigenvalue weighted by molar-refractivity contribution is 0.207. The molecule has 1 N–H and O–H groups in total. The van der Waals surface area contributed by atoms with Crippen molar-refractivity contribution in [3.8, 4) is 5.75 Å². The largest absolute Gasteiger partial charge is 0.490 e.